The van der Waals surface area contributed by atoms with E-state index in [0.29, 0.717) is 12.2 Å². The Labute approximate surface area is 242 Å². The van der Waals surface area contributed by atoms with E-state index in [0.717, 1.165) is 60.4 Å². The molecule has 0 aromatic heterocycles. The lowest BCUT2D eigenvalue weighted by Gasteiger charge is -2.35. The summed E-state index contributed by atoms with van der Waals surface area (Å²) in [6.07, 6.45) is 2.63. The molecule has 1 atom stereocenters. The molecule has 210 valence electrons. The van der Waals surface area contributed by atoms with E-state index in [1.54, 1.807) is 0 Å². The Kier molecular flexibility index (Phi) is 9.45. The van der Waals surface area contributed by atoms with Gasteiger partial charge in [0.05, 0.1) is 6.61 Å². The van der Waals surface area contributed by atoms with Crippen molar-refractivity contribution in [3.05, 3.63) is 120 Å². The fourth-order valence-electron chi connectivity index (χ4n) is 5.28. The molecule has 1 amide bonds. The van der Waals surface area contributed by atoms with Gasteiger partial charge in [-0.15, -0.1) is 0 Å². The van der Waals surface area contributed by atoms with E-state index < -0.39 is 6.04 Å². The molecule has 0 spiro atoms. The van der Waals surface area contributed by atoms with Crippen LogP contribution in [-0.2, 0) is 9.53 Å². The van der Waals surface area contributed by atoms with Gasteiger partial charge in [-0.25, -0.2) is 4.79 Å². The van der Waals surface area contributed by atoms with E-state index in [1.807, 2.05) is 104 Å². The van der Waals surface area contributed by atoms with Crippen LogP contribution in [0.2, 0.25) is 0 Å². The van der Waals surface area contributed by atoms with Gasteiger partial charge in [0.25, 0.3) is 5.91 Å². The molecule has 1 fully saturated rings. The summed E-state index contributed by atoms with van der Waals surface area (Å²) in [5.74, 6) is -0.348. The summed E-state index contributed by atoms with van der Waals surface area (Å²) in [6, 6.07) is 35.2. The average Bonchev–Trinajstić information content (AvgIpc) is 3.04. The van der Waals surface area contributed by atoms with Crippen molar-refractivity contribution >= 4 is 23.3 Å². The van der Waals surface area contributed by atoms with Crippen LogP contribution in [0.3, 0.4) is 0 Å². The molecule has 0 radical (unpaired) electrons. The number of hydrogen-bond acceptors (Lipinski definition) is 5. The van der Waals surface area contributed by atoms with Crippen LogP contribution in [0.5, 0.6) is 0 Å². The van der Waals surface area contributed by atoms with Gasteiger partial charge in [0.15, 0.2) is 0 Å². The van der Waals surface area contributed by atoms with Gasteiger partial charge < -0.3 is 15.0 Å². The second kappa shape index (κ2) is 13.8. The standard InChI is InChI=1S/C35H37N3O3/c1-2-25-41-35(40)33(27-13-7-4-8-14-27)36-29-21-23-38(24-22-29)30-19-17-28(18-20-30)37-34(39)32-16-10-9-15-31(32)26-11-5-3-6-12-26/h3-20,29,33,36H,2,21-25H2,1H3,(H,37,39). The number of ether oxygens (including phenoxy) is 1. The molecule has 4 aromatic carbocycles. The molecule has 0 bridgehead atoms. The molecular formula is C35H37N3O3. The summed E-state index contributed by atoms with van der Waals surface area (Å²) in [4.78, 5) is 28.3. The summed E-state index contributed by atoms with van der Waals surface area (Å²) in [5.41, 5.74) is 5.37. The lowest BCUT2D eigenvalue weighted by atomic mass is 9.99. The minimum atomic E-state index is -0.464. The molecular weight excluding hydrogens is 510 g/mol. The zero-order valence-electron chi connectivity index (χ0n) is 23.5. The number of rotatable bonds is 10. The van der Waals surface area contributed by atoms with E-state index >= 15 is 0 Å². The van der Waals surface area contributed by atoms with Crippen molar-refractivity contribution in [3.8, 4) is 11.1 Å². The number of carbonyl (C=O) groups excluding carboxylic acids is 2. The van der Waals surface area contributed by atoms with Crippen molar-refractivity contribution in [2.45, 2.75) is 38.3 Å². The molecule has 1 saturated heterocycles. The molecule has 0 aliphatic carbocycles. The van der Waals surface area contributed by atoms with Crippen molar-refractivity contribution in [3.63, 3.8) is 0 Å². The van der Waals surface area contributed by atoms with Crippen LogP contribution in [-0.4, -0.2) is 37.6 Å². The first kappa shape index (κ1) is 28.1. The summed E-state index contributed by atoms with van der Waals surface area (Å²) in [6.45, 7) is 4.18. The molecule has 1 aliphatic rings. The van der Waals surface area contributed by atoms with Crippen LogP contribution in [0.15, 0.2) is 109 Å². The van der Waals surface area contributed by atoms with Crippen LogP contribution in [0, 0.1) is 0 Å². The number of hydrogen-bond donors (Lipinski definition) is 2. The number of piperidine rings is 1. The summed E-state index contributed by atoms with van der Waals surface area (Å²) in [5, 5.41) is 6.62. The number of esters is 1. The number of amides is 1. The fourth-order valence-corrected chi connectivity index (χ4v) is 5.28. The highest BCUT2D eigenvalue weighted by molar-refractivity contribution is 6.08. The molecule has 4 aromatic rings. The largest absolute Gasteiger partial charge is 0.464 e. The maximum absolute atomic E-state index is 13.2. The number of nitrogens with one attached hydrogen (secondary N) is 2. The van der Waals surface area contributed by atoms with Crippen molar-refractivity contribution in [1.82, 2.24) is 5.32 Å². The van der Waals surface area contributed by atoms with Crippen molar-refractivity contribution < 1.29 is 14.3 Å². The third-order valence-corrected chi connectivity index (χ3v) is 7.46. The minimum Gasteiger partial charge on any atom is -0.464 e. The number of nitrogens with zero attached hydrogens (tertiary/aromatic N) is 1. The highest BCUT2D eigenvalue weighted by Gasteiger charge is 2.28. The van der Waals surface area contributed by atoms with E-state index in [4.69, 9.17) is 4.74 Å². The van der Waals surface area contributed by atoms with Crippen LogP contribution >= 0.6 is 0 Å². The van der Waals surface area contributed by atoms with Gasteiger partial charge in [0.1, 0.15) is 6.04 Å². The van der Waals surface area contributed by atoms with Crippen LogP contribution in [0.1, 0.15) is 48.1 Å². The second-order valence-corrected chi connectivity index (χ2v) is 10.4. The third-order valence-electron chi connectivity index (χ3n) is 7.46. The number of anilines is 2. The fraction of sp³-hybridized carbons (Fsp3) is 0.257. The first-order chi connectivity index (χ1) is 20.1. The van der Waals surface area contributed by atoms with Crippen LogP contribution in [0.4, 0.5) is 11.4 Å². The highest BCUT2D eigenvalue weighted by Crippen LogP contribution is 2.27. The first-order valence-electron chi connectivity index (χ1n) is 14.4. The van der Waals surface area contributed by atoms with Gasteiger partial charge in [-0.1, -0.05) is 85.8 Å². The molecule has 1 unspecified atom stereocenters. The van der Waals surface area contributed by atoms with Gasteiger partial charge in [0.2, 0.25) is 0 Å². The number of benzene rings is 4. The van der Waals surface area contributed by atoms with Gasteiger partial charge in [0, 0.05) is 36.1 Å². The first-order valence-corrected chi connectivity index (χ1v) is 14.4. The summed E-state index contributed by atoms with van der Waals surface area (Å²) < 4.78 is 5.49. The Bertz CT molecular complexity index is 1420. The van der Waals surface area contributed by atoms with E-state index in [2.05, 4.69) is 27.7 Å². The normalized spacial score (nSPS) is 14.3. The lowest BCUT2D eigenvalue weighted by Crippen LogP contribution is -2.45. The van der Waals surface area contributed by atoms with Gasteiger partial charge in [-0.2, -0.15) is 0 Å². The quantitative estimate of drug-likeness (QED) is 0.212. The predicted molar refractivity (Wildman–Crippen MR) is 165 cm³/mol. The Hall–Kier alpha value is -4.42. The number of carbonyl (C=O) groups is 2. The molecule has 41 heavy (non-hydrogen) atoms. The molecule has 6 nitrogen and oxygen atoms in total. The minimum absolute atomic E-state index is 0.130. The van der Waals surface area contributed by atoms with Crippen molar-refractivity contribution in [2.24, 2.45) is 0 Å². The monoisotopic (exact) mass is 547 g/mol. The van der Waals surface area contributed by atoms with Gasteiger partial charge >= 0.3 is 5.97 Å². The van der Waals surface area contributed by atoms with Gasteiger partial charge in [-0.3, -0.25) is 10.1 Å². The second-order valence-electron chi connectivity index (χ2n) is 10.4. The zero-order chi connectivity index (χ0) is 28.4. The average molecular weight is 548 g/mol. The predicted octanol–water partition coefficient (Wildman–Crippen LogP) is 6.86. The summed E-state index contributed by atoms with van der Waals surface area (Å²) in [7, 11) is 0. The maximum Gasteiger partial charge on any atom is 0.327 e. The molecule has 2 N–H and O–H groups in total. The topological polar surface area (TPSA) is 70.7 Å². The van der Waals surface area contributed by atoms with Crippen molar-refractivity contribution in [2.75, 3.05) is 29.9 Å². The van der Waals surface area contributed by atoms with E-state index in [1.165, 1.54) is 0 Å². The third kappa shape index (κ3) is 7.21. The van der Waals surface area contributed by atoms with E-state index in [9.17, 15) is 9.59 Å². The summed E-state index contributed by atoms with van der Waals surface area (Å²) >= 11 is 0. The van der Waals surface area contributed by atoms with Crippen LogP contribution in [0.25, 0.3) is 11.1 Å². The Balaban J connectivity index is 1.18. The van der Waals surface area contributed by atoms with Crippen molar-refractivity contribution in [1.29, 1.82) is 0 Å². The van der Waals surface area contributed by atoms with E-state index in [-0.39, 0.29) is 17.9 Å². The molecule has 1 heterocycles. The smallest absolute Gasteiger partial charge is 0.327 e. The Morgan fingerprint density at radius 1 is 0.829 bits per heavy atom. The lowest BCUT2D eigenvalue weighted by molar-refractivity contribution is -0.146. The molecule has 5 rings (SSSR count). The Morgan fingerprint density at radius 2 is 1.46 bits per heavy atom. The van der Waals surface area contributed by atoms with Gasteiger partial charge in [-0.05, 0) is 66.3 Å². The SMILES string of the molecule is CCCOC(=O)C(NC1CCN(c2ccc(NC(=O)c3ccccc3-c3ccccc3)cc2)CC1)c1ccccc1. The molecule has 6 heteroatoms. The molecule has 1 aliphatic heterocycles. The molecule has 0 saturated carbocycles. The van der Waals surface area contributed by atoms with Crippen LogP contribution < -0.4 is 15.5 Å². The maximum atomic E-state index is 13.2. The zero-order valence-corrected chi connectivity index (χ0v) is 23.5. The Morgan fingerprint density at radius 3 is 2.15 bits per heavy atom. The highest BCUT2D eigenvalue weighted by atomic mass is 16.5.